The molecule has 0 radical (unpaired) electrons. The van der Waals surface area contributed by atoms with Gasteiger partial charge in [-0.3, -0.25) is 9.59 Å². The molecule has 0 N–H and O–H groups in total. The van der Waals surface area contributed by atoms with Crippen LogP contribution in [0.1, 0.15) is 175 Å². The van der Waals surface area contributed by atoms with Crippen molar-refractivity contribution >= 4 is 23.5 Å². The zero-order valence-corrected chi connectivity index (χ0v) is 35.4. The SMILES string of the molecule is CC1(C)CCC(C)(C)c2cc(C(=O)C3CCCCC3C(=O)[O-])ccc21.CC1(C)CCC(C)(C)c2cc(C(=O)C3CCCCC3C(=O)[O-])ccc21.[Zn+2]. The second-order valence-corrected chi connectivity index (χ2v) is 18.4. The molecule has 7 heteroatoms. The van der Waals surface area contributed by atoms with Crippen molar-refractivity contribution in [1.82, 2.24) is 0 Å². The summed E-state index contributed by atoms with van der Waals surface area (Å²) < 4.78 is 0. The van der Waals surface area contributed by atoms with Crippen LogP contribution in [0.25, 0.3) is 0 Å². The summed E-state index contributed by atoms with van der Waals surface area (Å²) in [4.78, 5) is 49.1. The summed E-state index contributed by atoms with van der Waals surface area (Å²) >= 11 is 0. The monoisotopic (exact) mass is 746 g/mol. The average molecular weight is 748 g/mol. The van der Waals surface area contributed by atoms with Gasteiger partial charge in [-0.15, -0.1) is 0 Å². The molecule has 2 aromatic rings. The minimum absolute atomic E-state index is 0. The molecule has 4 atom stereocenters. The van der Waals surface area contributed by atoms with Crippen LogP contribution in [-0.2, 0) is 50.7 Å². The number of benzene rings is 2. The van der Waals surface area contributed by atoms with Crippen molar-refractivity contribution in [3.8, 4) is 0 Å². The minimum Gasteiger partial charge on any atom is -0.550 e. The van der Waals surface area contributed by atoms with Gasteiger partial charge >= 0.3 is 19.5 Å². The van der Waals surface area contributed by atoms with E-state index in [-0.39, 0.29) is 52.7 Å². The number of carbonyl (C=O) groups is 4. The molecule has 4 aliphatic carbocycles. The molecule has 0 bridgehead atoms. The van der Waals surface area contributed by atoms with E-state index < -0.39 is 35.6 Å². The number of ketones is 2. The van der Waals surface area contributed by atoms with Gasteiger partial charge in [0.15, 0.2) is 11.6 Å². The Hall–Kier alpha value is -2.66. The number of hydrogen-bond acceptors (Lipinski definition) is 6. The summed E-state index contributed by atoms with van der Waals surface area (Å²) in [6, 6.07) is 12.1. The first-order valence-electron chi connectivity index (χ1n) is 19.1. The zero-order chi connectivity index (χ0) is 36.8. The van der Waals surface area contributed by atoms with Crippen LogP contribution in [-0.4, -0.2) is 23.5 Å². The number of rotatable bonds is 6. The Kier molecular flexibility index (Phi) is 12.4. The van der Waals surface area contributed by atoms with Crippen LogP contribution >= 0.6 is 0 Å². The van der Waals surface area contributed by atoms with Crippen LogP contribution in [0.4, 0.5) is 0 Å². The third-order valence-corrected chi connectivity index (χ3v) is 13.1. The Bertz CT molecular complexity index is 1530. The summed E-state index contributed by atoms with van der Waals surface area (Å²) in [7, 11) is 0. The van der Waals surface area contributed by atoms with Crippen molar-refractivity contribution in [1.29, 1.82) is 0 Å². The molecule has 2 saturated carbocycles. The van der Waals surface area contributed by atoms with E-state index in [4.69, 9.17) is 0 Å². The summed E-state index contributed by atoms with van der Waals surface area (Å²) in [5, 5.41) is 22.9. The number of Topliss-reactive ketones (excluding diaryl/α,β-unsaturated/α-hetero) is 2. The molecule has 4 unspecified atom stereocenters. The number of aliphatic carboxylic acids is 2. The molecule has 0 saturated heterocycles. The quantitative estimate of drug-likeness (QED) is 0.223. The number of carboxylic acid groups (broad SMARTS) is 2. The fraction of sp³-hybridized carbons (Fsp3) is 0.636. The predicted octanol–water partition coefficient (Wildman–Crippen LogP) is 7.55. The van der Waals surface area contributed by atoms with Crippen molar-refractivity contribution in [2.45, 2.75) is 154 Å². The maximum Gasteiger partial charge on any atom is 2.00 e. The normalized spacial score (nSPS) is 26.8. The molecule has 2 fully saturated rings. The smallest absolute Gasteiger partial charge is 0.550 e. The van der Waals surface area contributed by atoms with E-state index >= 15 is 0 Å². The standard InChI is InChI=1S/2C22H30O3.Zn/c2*1-21(2)11-12-22(3,4)18-13-14(9-10-17(18)21)19(23)15-7-5-6-8-16(15)20(24)25;/h2*9-10,13,15-16H,5-8,11-12H2,1-4H3,(H,24,25);/q;;+2/p-2. The van der Waals surface area contributed by atoms with Crippen molar-refractivity contribution in [2.75, 3.05) is 0 Å². The second-order valence-electron chi connectivity index (χ2n) is 18.4. The molecule has 2 aromatic carbocycles. The third kappa shape index (κ3) is 8.45. The van der Waals surface area contributed by atoms with Crippen LogP contribution in [0, 0.1) is 23.7 Å². The van der Waals surface area contributed by atoms with Crippen LogP contribution < -0.4 is 10.2 Å². The molecule has 6 nitrogen and oxygen atoms in total. The Morgan fingerprint density at radius 3 is 1.04 bits per heavy atom. The fourth-order valence-electron chi connectivity index (χ4n) is 9.37. The summed E-state index contributed by atoms with van der Waals surface area (Å²) in [5.41, 5.74) is 6.79. The maximum absolute atomic E-state index is 13.1. The summed E-state index contributed by atoms with van der Waals surface area (Å²) in [5.74, 6) is -4.32. The van der Waals surface area contributed by atoms with Gasteiger partial charge in [-0.2, -0.15) is 0 Å². The predicted molar refractivity (Wildman–Crippen MR) is 193 cm³/mol. The van der Waals surface area contributed by atoms with Crippen molar-refractivity contribution in [3.05, 3.63) is 69.8 Å². The average Bonchev–Trinajstić information content (AvgIpc) is 3.08. The van der Waals surface area contributed by atoms with E-state index in [1.807, 2.05) is 24.3 Å². The first kappa shape index (κ1) is 41.1. The van der Waals surface area contributed by atoms with Crippen molar-refractivity contribution in [2.24, 2.45) is 23.7 Å². The number of hydrogen-bond donors (Lipinski definition) is 0. The van der Waals surface area contributed by atoms with E-state index in [1.165, 1.54) is 22.3 Å². The zero-order valence-electron chi connectivity index (χ0n) is 32.4. The van der Waals surface area contributed by atoms with Gasteiger partial charge in [-0.25, -0.2) is 0 Å². The van der Waals surface area contributed by atoms with E-state index in [9.17, 15) is 29.4 Å². The molecular formula is C44H58O6Zn. The number of carboxylic acids is 2. The Balaban J connectivity index is 0.000000224. The number of carbonyl (C=O) groups excluding carboxylic acids is 4. The maximum atomic E-state index is 13.1. The topological polar surface area (TPSA) is 114 Å². The van der Waals surface area contributed by atoms with Gasteiger partial charge in [-0.05, 0) is 107 Å². The van der Waals surface area contributed by atoms with Gasteiger partial charge in [-0.1, -0.05) is 105 Å². The molecule has 0 aliphatic heterocycles. The van der Waals surface area contributed by atoms with Gasteiger partial charge in [0.1, 0.15) is 0 Å². The van der Waals surface area contributed by atoms with E-state index in [1.54, 1.807) is 0 Å². The molecular weight excluding hydrogens is 690 g/mol. The van der Waals surface area contributed by atoms with Gasteiger partial charge < -0.3 is 19.8 Å². The fourth-order valence-corrected chi connectivity index (χ4v) is 9.37. The molecule has 0 spiro atoms. The first-order valence-corrected chi connectivity index (χ1v) is 19.1. The van der Waals surface area contributed by atoms with E-state index in [2.05, 4.69) is 67.5 Å². The molecule has 0 amide bonds. The van der Waals surface area contributed by atoms with Crippen LogP contribution in [0.3, 0.4) is 0 Å². The molecule has 51 heavy (non-hydrogen) atoms. The van der Waals surface area contributed by atoms with Crippen molar-refractivity contribution < 1.29 is 48.9 Å². The Labute approximate surface area is 318 Å². The molecule has 0 aromatic heterocycles. The largest absolute Gasteiger partial charge is 2.00 e. The van der Waals surface area contributed by atoms with Gasteiger partial charge in [0.05, 0.1) is 0 Å². The van der Waals surface area contributed by atoms with Crippen molar-refractivity contribution in [3.63, 3.8) is 0 Å². The Morgan fingerprint density at radius 1 is 0.471 bits per heavy atom. The van der Waals surface area contributed by atoms with Crippen LogP contribution in [0.5, 0.6) is 0 Å². The first-order chi connectivity index (χ1) is 23.3. The third-order valence-electron chi connectivity index (χ3n) is 13.1. The minimum atomic E-state index is -1.07. The number of fused-ring (bicyclic) bond motifs is 2. The molecule has 272 valence electrons. The molecule has 4 aliphatic rings. The molecule has 6 rings (SSSR count). The second kappa shape index (κ2) is 15.4. The van der Waals surface area contributed by atoms with E-state index in [0.29, 0.717) is 36.8 Å². The van der Waals surface area contributed by atoms with Crippen LogP contribution in [0.15, 0.2) is 36.4 Å². The Morgan fingerprint density at radius 2 is 0.745 bits per heavy atom. The van der Waals surface area contributed by atoms with E-state index in [0.717, 1.165) is 51.4 Å². The van der Waals surface area contributed by atoms with Gasteiger partial charge in [0, 0.05) is 46.7 Å². The van der Waals surface area contributed by atoms with Gasteiger partial charge in [0.25, 0.3) is 0 Å². The molecule has 0 heterocycles. The van der Waals surface area contributed by atoms with Crippen LogP contribution in [0.2, 0.25) is 0 Å². The summed E-state index contributed by atoms with van der Waals surface area (Å²) in [6.45, 7) is 18.0. The summed E-state index contributed by atoms with van der Waals surface area (Å²) in [6.07, 6.45) is 10.5. The van der Waals surface area contributed by atoms with Gasteiger partial charge in [0.2, 0.25) is 0 Å².